The van der Waals surface area contributed by atoms with Crippen LogP contribution in [0, 0.1) is 0 Å². The molecule has 0 heterocycles. The van der Waals surface area contributed by atoms with Crippen molar-refractivity contribution in [3.8, 4) is 0 Å². The Balaban J connectivity index is 1.83. The Morgan fingerprint density at radius 3 is 1.85 bits per heavy atom. The molecule has 0 unspecified atom stereocenters. The third kappa shape index (κ3) is 4.06. The summed E-state index contributed by atoms with van der Waals surface area (Å²) in [5.41, 5.74) is 1.43. The molecule has 0 aliphatic heterocycles. The van der Waals surface area contributed by atoms with Crippen molar-refractivity contribution in [3.05, 3.63) is 77.4 Å². The Kier molecular flexibility index (Phi) is 4.83. The SMILES string of the molecule is O=C(NO)c1ccc2ccc(C(=O)Nc3ccc(C(F)(F)F)cc3)cc2c1. The number of hydrogen-bond donors (Lipinski definition) is 3. The summed E-state index contributed by atoms with van der Waals surface area (Å²) in [5, 5.41) is 12.6. The van der Waals surface area contributed by atoms with E-state index < -0.39 is 23.6 Å². The molecule has 0 radical (unpaired) electrons. The number of carbonyl (C=O) groups excluding carboxylic acids is 2. The Bertz CT molecular complexity index is 1010. The van der Waals surface area contributed by atoms with Gasteiger partial charge in [-0.2, -0.15) is 13.2 Å². The van der Waals surface area contributed by atoms with Gasteiger partial charge in [0.15, 0.2) is 0 Å². The predicted molar refractivity (Wildman–Crippen MR) is 92.6 cm³/mol. The van der Waals surface area contributed by atoms with Crippen molar-refractivity contribution in [2.75, 3.05) is 5.32 Å². The molecular formula is C19H13F3N2O3. The van der Waals surface area contributed by atoms with Crippen LogP contribution in [0.1, 0.15) is 26.3 Å². The van der Waals surface area contributed by atoms with Gasteiger partial charge in [0, 0.05) is 16.8 Å². The number of amides is 2. The van der Waals surface area contributed by atoms with Crippen molar-refractivity contribution in [1.82, 2.24) is 5.48 Å². The van der Waals surface area contributed by atoms with Crippen LogP contribution in [0.3, 0.4) is 0 Å². The fourth-order valence-corrected chi connectivity index (χ4v) is 2.54. The minimum absolute atomic E-state index is 0.213. The molecule has 0 atom stereocenters. The van der Waals surface area contributed by atoms with Gasteiger partial charge >= 0.3 is 6.18 Å². The molecular weight excluding hydrogens is 361 g/mol. The number of rotatable bonds is 3. The van der Waals surface area contributed by atoms with Crippen molar-refractivity contribution in [1.29, 1.82) is 0 Å². The van der Waals surface area contributed by atoms with Crippen LogP contribution in [0.5, 0.6) is 0 Å². The average molecular weight is 374 g/mol. The number of carbonyl (C=O) groups is 2. The highest BCUT2D eigenvalue weighted by molar-refractivity contribution is 6.07. The molecule has 0 aliphatic carbocycles. The van der Waals surface area contributed by atoms with Gasteiger partial charge in [-0.05, 0) is 59.3 Å². The smallest absolute Gasteiger partial charge is 0.322 e. The first-order chi connectivity index (χ1) is 12.8. The van der Waals surface area contributed by atoms with Gasteiger partial charge in [-0.15, -0.1) is 0 Å². The molecule has 0 spiro atoms. The lowest BCUT2D eigenvalue weighted by Crippen LogP contribution is -2.18. The summed E-state index contributed by atoms with van der Waals surface area (Å²) >= 11 is 0. The predicted octanol–water partition coefficient (Wildman–Crippen LogP) is 4.23. The van der Waals surface area contributed by atoms with Crippen LogP contribution in [-0.4, -0.2) is 17.0 Å². The highest BCUT2D eigenvalue weighted by atomic mass is 19.4. The first kappa shape index (κ1) is 18.4. The maximum atomic E-state index is 12.6. The third-order valence-electron chi connectivity index (χ3n) is 3.94. The first-order valence-electron chi connectivity index (χ1n) is 7.75. The van der Waals surface area contributed by atoms with Crippen LogP contribution >= 0.6 is 0 Å². The van der Waals surface area contributed by atoms with E-state index in [-0.39, 0.29) is 16.8 Å². The number of fused-ring (bicyclic) bond motifs is 1. The molecule has 3 aromatic carbocycles. The lowest BCUT2D eigenvalue weighted by molar-refractivity contribution is -0.137. The number of halogens is 3. The van der Waals surface area contributed by atoms with Crippen molar-refractivity contribution in [2.24, 2.45) is 0 Å². The molecule has 0 saturated carbocycles. The summed E-state index contributed by atoms with van der Waals surface area (Å²) in [6.07, 6.45) is -4.44. The largest absolute Gasteiger partial charge is 0.416 e. The maximum absolute atomic E-state index is 12.6. The van der Waals surface area contributed by atoms with E-state index in [9.17, 15) is 22.8 Å². The molecule has 27 heavy (non-hydrogen) atoms. The van der Waals surface area contributed by atoms with E-state index in [1.54, 1.807) is 24.3 Å². The molecule has 3 N–H and O–H groups in total. The standard InChI is InChI=1S/C19H13F3N2O3/c20-19(21,22)15-5-7-16(8-6-15)23-17(25)12-3-1-11-2-4-13(18(26)24-27)10-14(11)9-12/h1-10,27H,(H,23,25)(H,24,26). The highest BCUT2D eigenvalue weighted by Gasteiger charge is 2.30. The number of anilines is 1. The van der Waals surface area contributed by atoms with Crippen LogP contribution in [0.4, 0.5) is 18.9 Å². The van der Waals surface area contributed by atoms with Gasteiger partial charge in [-0.1, -0.05) is 12.1 Å². The Morgan fingerprint density at radius 1 is 0.778 bits per heavy atom. The molecule has 2 amide bonds. The fraction of sp³-hybridized carbons (Fsp3) is 0.0526. The quantitative estimate of drug-likeness (QED) is 0.474. The zero-order valence-electron chi connectivity index (χ0n) is 13.7. The molecule has 3 rings (SSSR count). The summed E-state index contributed by atoms with van der Waals surface area (Å²) in [6, 6.07) is 13.6. The lowest BCUT2D eigenvalue weighted by Gasteiger charge is -2.09. The van der Waals surface area contributed by atoms with Gasteiger partial charge in [-0.3, -0.25) is 14.8 Å². The van der Waals surface area contributed by atoms with E-state index in [4.69, 9.17) is 5.21 Å². The molecule has 138 valence electrons. The van der Waals surface area contributed by atoms with Gasteiger partial charge in [0.25, 0.3) is 11.8 Å². The number of hydroxylamine groups is 1. The molecule has 5 nitrogen and oxygen atoms in total. The van der Waals surface area contributed by atoms with Crippen LogP contribution in [0.25, 0.3) is 10.8 Å². The Labute approximate surface area is 151 Å². The zero-order chi connectivity index (χ0) is 19.6. The van der Waals surface area contributed by atoms with Gasteiger partial charge < -0.3 is 5.32 Å². The van der Waals surface area contributed by atoms with E-state index in [0.29, 0.717) is 5.39 Å². The van der Waals surface area contributed by atoms with E-state index in [1.807, 2.05) is 0 Å². The van der Waals surface area contributed by atoms with Crippen molar-refractivity contribution >= 4 is 28.3 Å². The summed E-state index contributed by atoms with van der Waals surface area (Å²) in [5.74, 6) is -1.19. The number of alkyl halides is 3. The van der Waals surface area contributed by atoms with Crippen molar-refractivity contribution in [3.63, 3.8) is 0 Å². The van der Waals surface area contributed by atoms with Crippen molar-refractivity contribution < 1.29 is 28.0 Å². The minimum atomic E-state index is -4.44. The second-order valence-electron chi connectivity index (χ2n) is 5.75. The molecule has 0 aliphatic rings. The highest BCUT2D eigenvalue weighted by Crippen LogP contribution is 2.30. The maximum Gasteiger partial charge on any atom is 0.416 e. The van der Waals surface area contributed by atoms with Gasteiger partial charge in [0.05, 0.1) is 5.56 Å². The average Bonchev–Trinajstić information content (AvgIpc) is 2.66. The fourth-order valence-electron chi connectivity index (χ4n) is 2.54. The van der Waals surface area contributed by atoms with Crippen LogP contribution in [-0.2, 0) is 6.18 Å². The minimum Gasteiger partial charge on any atom is -0.322 e. The molecule has 0 aromatic heterocycles. The second-order valence-corrected chi connectivity index (χ2v) is 5.75. The Hall–Kier alpha value is -3.39. The van der Waals surface area contributed by atoms with E-state index in [0.717, 1.165) is 17.5 Å². The molecule has 3 aromatic rings. The lowest BCUT2D eigenvalue weighted by atomic mass is 10.0. The number of nitrogens with one attached hydrogen (secondary N) is 2. The summed E-state index contributed by atoms with van der Waals surface area (Å²) in [7, 11) is 0. The van der Waals surface area contributed by atoms with E-state index in [1.165, 1.54) is 29.7 Å². The molecule has 0 bridgehead atoms. The molecule has 0 fully saturated rings. The van der Waals surface area contributed by atoms with Gasteiger partial charge in [0.2, 0.25) is 0 Å². The van der Waals surface area contributed by atoms with Crippen LogP contribution < -0.4 is 10.8 Å². The zero-order valence-corrected chi connectivity index (χ0v) is 13.7. The van der Waals surface area contributed by atoms with Gasteiger partial charge in [0.1, 0.15) is 0 Å². The second kappa shape index (κ2) is 7.08. The summed E-state index contributed by atoms with van der Waals surface area (Å²) < 4.78 is 37.7. The normalized spacial score (nSPS) is 11.3. The summed E-state index contributed by atoms with van der Waals surface area (Å²) in [6.45, 7) is 0. The Morgan fingerprint density at radius 2 is 1.33 bits per heavy atom. The molecule has 0 saturated heterocycles. The van der Waals surface area contributed by atoms with Crippen molar-refractivity contribution in [2.45, 2.75) is 6.18 Å². The van der Waals surface area contributed by atoms with Crippen LogP contribution in [0.2, 0.25) is 0 Å². The monoisotopic (exact) mass is 374 g/mol. The third-order valence-corrected chi connectivity index (χ3v) is 3.94. The number of hydrogen-bond acceptors (Lipinski definition) is 3. The number of benzene rings is 3. The first-order valence-corrected chi connectivity index (χ1v) is 7.75. The van der Waals surface area contributed by atoms with E-state index >= 15 is 0 Å². The van der Waals surface area contributed by atoms with Gasteiger partial charge in [-0.25, -0.2) is 5.48 Å². The van der Waals surface area contributed by atoms with E-state index in [2.05, 4.69) is 5.32 Å². The topological polar surface area (TPSA) is 78.4 Å². The molecule has 8 heteroatoms. The summed E-state index contributed by atoms with van der Waals surface area (Å²) in [4.78, 5) is 23.9. The van der Waals surface area contributed by atoms with Crippen LogP contribution in [0.15, 0.2) is 60.7 Å².